The van der Waals surface area contributed by atoms with Gasteiger partial charge in [-0.05, 0) is 56.0 Å². The maximum absolute atomic E-state index is 12.3. The Morgan fingerprint density at radius 3 is 2.46 bits per heavy atom. The first-order chi connectivity index (χ1) is 12.5. The van der Waals surface area contributed by atoms with Gasteiger partial charge in [-0.3, -0.25) is 9.59 Å². The van der Waals surface area contributed by atoms with Gasteiger partial charge in [-0.15, -0.1) is 0 Å². The number of ether oxygens (including phenoxy) is 1. The Morgan fingerprint density at radius 1 is 1.04 bits per heavy atom. The Labute approximate surface area is 152 Å². The number of aryl methyl sites for hydroxylation is 2. The highest BCUT2D eigenvalue weighted by molar-refractivity contribution is 6.02. The van der Waals surface area contributed by atoms with E-state index in [9.17, 15) is 14.4 Å². The van der Waals surface area contributed by atoms with Gasteiger partial charge in [0.1, 0.15) is 5.69 Å². The van der Waals surface area contributed by atoms with Crippen LogP contribution in [0, 0.1) is 13.8 Å². The fourth-order valence-corrected chi connectivity index (χ4v) is 2.94. The molecule has 1 fully saturated rings. The molecule has 136 valence electrons. The molecule has 6 nitrogen and oxygen atoms in total. The minimum Gasteiger partial charge on any atom is -0.454 e. The highest BCUT2D eigenvalue weighted by Gasteiger charge is 2.22. The average molecular weight is 354 g/mol. The molecule has 0 bridgehead atoms. The number of ketones is 1. The summed E-state index contributed by atoms with van der Waals surface area (Å²) in [6.45, 7) is 5.00. The van der Waals surface area contributed by atoms with Crippen molar-refractivity contribution in [2.45, 2.75) is 26.7 Å². The fraction of sp³-hybridized carbons (Fsp3) is 0.350. The number of hydrogen-bond acceptors (Lipinski definition) is 4. The summed E-state index contributed by atoms with van der Waals surface area (Å²) in [6, 6.07) is 6.78. The van der Waals surface area contributed by atoms with E-state index < -0.39 is 5.97 Å². The lowest BCUT2D eigenvalue weighted by Crippen LogP contribution is -2.27. The third kappa shape index (κ3) is 3.85. The van der Waals surface area contributed by atoms with Gasteiger partial charge in [0, 0.05) is 24.8 Å². The van der Waals surface area contributed by atoms with Crippen LogP contribution < -0.4 is 0 Å². The Kier molecular flexibility index (Phi) is 5.21. The van der Waals surface area contributed by atoms with Crippen molar-refractivity contribution < 1.29 is 19.1 Å². The van der Waals surface area contributed by atoms with Crippen LogP contribution in [0.15, 0.2) is 30.5 Å². The van der Waals surface area contributed by atoms with E-state index in [1.54, 1.807) is 17.0 Å². The molecule has 0 aliphatic carbocycles. The van der Waals surface area contributed by atoms with Crippen molar-refractivity contribution in [2.75, 3.05) is 19.7 Å². The van der Waals surface area contributed by atoms with Crippen molar-refractivity contribution in [3.05, 3.63) is 58.4 Å². The summed E-state index contributed by atoms with van der Waals surface area (Å²) < 4.78 is 5.11. The molecule has 1 aromatic carbocycles. The summed E-state index contributed by atoms with van der Waals surface area (Å²) in [4.78, 5) is 41.2. The van der Waals surface area contributed by atoms with E-state index in [0.717, 1.165) is 37.1 Å². The van der Waals surface area contributed by atoms with Crippen LogP contribution in [0.4, 0.5) is 0 Å². The predicted octanol–water partition coefficient (Wildman–Crippen LogP) is 2.91. The predicted molar refractivity (Wildman–Crippen MR) is 96.5 cm³/mol. The lowest BCUT2D eigenvalue weighted by atomic mass is 10.1. The van der Waals surface area contributed by atoms with E-state index in [1.807, 2.05) is 19.9 Å². The van der Waals surface area contributed by atoms with Crippen molar-refractivity contribution >= 4 is 17.7 Å². The second-order valence-electron chi connectivity index (χ2n) is 6.60. The van der Waals surface area contributed by atoms with Crippen LogP contribution in [0.25, 0.3) is 0 Å². The molecule has 3 rings (SSSR count). The monoisotopic (exact) mass is 354 g/mol. The molecule has 0 unspecified atom stereocenters. The fourth-order valence-electron chi connectivity index (χ4n) is 2.94. The molecule has 1 aromatic heterocycles. The molecular formula is C20H22N2O4. The molecule has 1 amide bonds. The zero-order chi connectivity index (χ0) is 18.7. The molecule has 0 radical (unpaired) electrons. The molecule has 26 heavy (non-hydrogen) atoms. The molecule has 0 spiro atoms. The summed E-state index contributed by atoms with van der Waals surface area (Å²) in [5, 5.41) is 0. The van der Waals surface area contributed by atoms with Crippen LogP contribution in [0.1, 0.15) is 55.2 Å². The first-order valence-corrected chi connectivity index (χ1v) is 8.71. The zero-order valence-electron chi connectivity index (χ0n) is 15.0. The number of nitrogens with one attached hydrogen (secondary N) is 1. The van der Waals surface area contributed by atoms with Gasteiger partial charge in [0.2, 0.25) is 5.78 Å². The van der Waals surface area contributed by atoms with Gasteiger partial charge in [0.25, 0.3) is 5.91 Å². The molecule has 2 aromatic rings. The second kappa shape index (κ2) is 7.56. The maximum Gasteiger partial charge on any atom is 0.338 e. The zero-order valence-corrected chi connectivity index (χ0v) is 15.0. The number of benzene rings is 1. The molecule has 1 saturated heterocycles. The standard InChI is InChI=1S/C20H22N2O4/c1-13-5-6-15(9-14(13)2)20(25)26-12-18(23)16-10-17(21-11-16)19(24)22-7-3-4-8-22/h5-6,9-11,21H,3-4,7-8,12H2,1-2H3. The van der Waals surface area contributed by atoms with E-state index in [2.05, 4.69) is 4.98 Å². The lowest BCUT2D eigenvalue weighted by Gasteiger charge is -2.13. The van der Waals surface area contributed by atoms with Crippen LogP contribution in [0.3, 0.4) is 0 Å². The van der Waals surface area contributed by atoms with Gasteiger partial charge < -0.3 is 14.6 Å². The van der Waals surface area contributed by atoms with E-state index in [-0.39, 0.29) is 18.3 Å². The number of aromatic amines is 1. The largest absolute Gasteiger partial charge is 0.454 e. The number of carbonyl (C=O) groups is 3. The highest BCUT2D eigenvalue weighted by Crippen LogP contribution is 2.14. The number of carbonyl (C=O) groups excluding carboxylic acids is 3. The summed E-state index contributed by atoms with van der Waals surface area (Å²) in [5.74, 6) is -0.988. The molecule has 0 atom stereocenters. The first kappa shape index (κ1) is 17.9. The minimum atomic E-state index is -0.537. The number of likely N-dealkylation sites (tertiary alicyclic amines) is 1. The van der Waals surface area contributed by atoms with E-state index in [4.69, 9.17) is 4.74 Å². The molecule has 1 N–H and O–H groups in total. The molecule has 1 aliphatic heterocycles. The third-order valence-electron chi connectivity index (χ3n) is 4.71. The molecule has 0 saturated carbocycles. The Hall–Kier alpha value is -2.89. The van der Waals surface area contributed by atoms with Crippen LogP contribution >= 0.6 is 0 Å². The van der Waals surface area contributed by atoms with Crippen LogP contribution in [-0.2, 0) is 4.74 Å². The Morgan fingerprint density at radius 2 is 1.77 bits per heavy atom. The first-order valence-electron chi connectivity index (χ1n) is 8.71. The molecular weight excluding hydrogens is 332 g/mol. The summed E-state index contributed by atoms with van der Waals surface area (Å²) in [5.41, 5.74) is 3.21. The highest BCUT2D eigenvalue weighted by atomic mass is 16.5. The third-order valence-corrected chi connectivity index (χ3v) is 4.71. The number of rotatable bonds is 5. The van der Waals surface area contributed by atoms with E-state index in [0.29, 0.717) is 16.8 Å². The van der Waals surface area contributed by atoms with Crippen molar-refractivity contribution in [2.24, 2.45) is 0 Å². The van der Waals surface area contributed by atoms with Crippen molar-refractivity contribution in [3.63, 3.8) is 0 Å². The number of H-pyrrole nitrogens is 1. The summed E-state index contributed by atoms with van der Waals surface area (Å²) in [6.07, 6.45) is 3.49. The normalized spacial score (nSPS) is 13.7. The second-order valence-corrected chi connectivity index (χ2v) is 6.60. The van der Waals surface area contributed by atoms with Crippen LogP contribution in [0.5, 0.6) is 0 Å². The number of amides is 1. The number of Topliss-reactive ketones (excluding diaryl/α,β-unsaturated/α-hetero) is 1. The van der Waals surface area contributed by atoms with Crippen LogP contribution in [0.2, 0.25) is 0 Å². The summed E-state index contributed by atoms with van der Waals surface area (Å²) in [7, 11) is 0. The Bertz CT molecular complexity index is 847. The molecule has 1 aliphatic rings. The van der Waals surface area contributed by atoms with Gasteiger partial charge >= 0.3 is 5.97 Å². The molecule has 2 heterocycles. The quantitative estimate of drug-likeness (QED) is 0.661. The smallest absolute Gasteiger partial charge is 0.338 e. The maximum atomic E-state index is 12.3. The van der Waals surface area contributed by atoms with Gasteiger partial charge in [0.05, 0.1) is 5.56 Å². The van der Waals surface area contributed by atoms with E-state index >= 15 is 0 Å². The van der Waals surface area contributed by atoms with Crippen molar-refractivity contribution in [1.82, 2.24) is 9.88 Å². The topological polar surface area (TPSA) is 79.5 Å². The van der Waals surface area contributed by atoms with Gasteiger partial charge in [0.15, 0.2) is 6.61 Å². The minimum absolute atomic E-state index is 0.103. The summed E-state index contributed by atoms with van der Waals surface area (Å²) >= 11 is 0. The van der Waals surface area contributed by atoms with Gasteiger partial charge in [-0.2, -0.15) is 0 Å². The number of esters is 1. The van der Waals surface area contributed by atoms with E-state index in [1.165, 1.54) is 12.3 Å². The number of hydrogen-bond donors (Lipinski definition) is 1. The number of aromatic nitrogens is 1. The number of nitrogens with zero attached hydrogens (tertiary/aromatic N) is 1. The SMILES string of the molecule is Cc1ccc(C(=O)OCC(=O)c2c[nH]c(C(=O)N3CCCC3)c2)cc1C. The van der Waals surface area contributed by atoms with Crippen molar-refractivity contribution in [1.29, 1.82) is 0 Å². The van der Waals surface area contributed by atoms with Crippen molar-refractivity contribution in [3.8, 4) is 0 Å². The lowest BCUT2D eigenvalue weighted by molar-refractivity contribution is 0.0474. The molecule has 6 heteroatoms. The van der Waals surface area contributed by atoms with Gasteiger partial charge in [-0.1, -0.05) is 6.07 Å². The Balaban J connectivity index is 1.59. The average Bonchev–Trinajstić information content (AvgIpc) is 3.33. The van der Waals surface area contributed by atoms with Crippen LogP contribution in [-0.4, -0.2) is 47.2 Å². The van der Waals surface area contributed by atoms with Gasteiger partial charge in [-0.25, -0.2) is 4.79 Å².